The second-order valence-electron chi connectivity index (χ2n) is 8.30. The molecule has 0 saturated carbocycles. The molecule has 6 nitrogen and oxygen atoms in total. The summed E-state index contributed by atoms with van der Waals surface area (Å²) in [4.78, 5) is 38.7. The zero-order chi connectivity index (χ0) is 23.3. The summed E-state index contributed by atoms with van der Waals surface area (Å²) in [5, 5.41) is 3.23. The first kappa shape index (κ1) is 23.3. The Balaban J connectivity index is 1.92. The molecule has 7 heteroatoms. The van der Waals surface area contributed by atoms with Crippen molar-refractivity contribution in [2.45, 2.75) is 33.9 Å². The molecule has 0 radical (unpaired) electrons. The van der Waals surface area contributed by atoms with Crippen LogP contribution in [-0.4, -0.2) is 11.7 Å². The van der Waals surface area contributed by atoms with E-state index >= 15 is 0 Å². The van der Waals surface area contributed by atoms with Crippen LogP contribution < -0.4 is 15.5 Å². The van der Waals surface area contributed by atoms with Crippen LogP contribution in [0.2, 0.25) is 5.02 Å². The van der Waals surface area contributed by atoms with E-state index in [-0.39, 0.29) is 30.2 Å². The van der Waals surface area contributed by atoms with E-state index in [1.807, 2.05) is 30.3 Å². The number of hydrogen-bond acceptors (Lipinski definition) is 5. The summed E-state index contributed by atoms with van der Waals surface area (Å²) in [5.41, 5.74) is -0.0713. The van der Waals surface area contributed by atoms with Gasteiger partial charge in [0.1, 0.15) is 18.4 Å². The van der Waals surface area contributed by atoms with Gasteiger partial charge in [-0.15, -0.1) is 0 Å². The molecule has 0 unspecified atom stereocenters. The minimum absolute atomic E-state index is 0.0351. The average molecular weight is 454 g/mol. The van der Waals surface area contributed by atoms with Crippen LogP contribution in [0.4, 0.5) is 0 Å². The Morgan fingerprint density at radius 3 is 2.38 bits per heavy atom. The number of ketones is 1. The number of amides is 1. The maximum absolute atomic E-state index is 13.1. The number of carbonyl (C=O) groups excluding carboxylic acids is 2. The molecule has 32 heavy (non-hydrogen) atoms. The predicted molar refractivity (Wildman–Crippen MR) is 122 cm³/mol. The Hall–Kier alpha value is -3.38. The molecule has 1 heterocycles. The zero-order valence-corrected chi connectivity index (χ0v) is 18.9. The van der Waals surface area contributed by atoms with E-state index in [1.165, 1.54) is 0 Å². The van der Waals surface area contributed by atoms with Gasteiger partial charge < -0.3 is 14.5 Å². The first-order chi connectivity index (χ1) is 15.2. The quantitative estimate of drug-likeness (QED) is 0.507. The van der Waals surface area contributed by atoms with Crippen LogP contribution in [0.25, 0.3) is 0 Å². The molecule has 0 bridgehead atoms. The van der Waals surface area contributed by atoms with Crippen LogP contribution in [0.3, 0.4) is 0 Å². The van der Waals surface area contributed by atoms with Crippen molar-refractivity contribution in [2.75, 3.05) is 0 Å². The van der Waals surface area contributed by atoms with Gasteiger partial charge in [0.2, 0.25) is 16.9 Å². The van der Waals surface area contributed by atoms with Gasteiger partial charge >= 0.3 is 0 Å². The van der Waals surface area contributed by atoms with Gasteiger partial charge in [0.05, 0.1) is 0 Å². The molecule has 0 saturated heterocycles. The minimum Gasteiger partial charge on any atom is -0.481 e. The van der Waals surface area contributed by atoms with Crippen molar-refractivity contribution in [3.8, 4) is 5.75 Å². The maximum atomic E-state index is 13.1. The largest absolute Gasteiger partial charge is 0.481 e. The van der Waals surface area contributed by atoms with Crippen molar-refractivity contribution in [1.82, 2.24) is 5.32 Å². The first-order valence-corrected chi connectivity index (χ1v) is 10.4. The smallest absolute Gasteiger partial charge is 0.291 e. The third-order valence-electron chi connectivity index (χ3n) is 4.65. The molecule has 166 valence electrons. The molecule has 1 N–H and O–H groups in total. The van der Waals surface area contributed by atoms with Crippen molar-refractivity contribution >= 4 is 23.3 Å². The van der Waals surface area contributed by atoms with Gasteiger partial charge in [0, 0.05) is 17.0 Å². The fourth-order valence-corrected chi connectivity index (χ4v) is 3.15. The maximum Gasteiger partial charge on any atom is 0.291 e. The van der Waals surface area contributed by atoms with Crippen LogP contribution in [0.15, 0.2) is 70.1 Å². The number of benzene rings is 2. The summed E-state index contributed by atoms with van der Waals surface area (Å²) in [6, 6.07) is 16.2. The molecular weight excluding hydrogens is 430 g/mol. The first-order valence-electron chi connectivity index (χ1n) is 10.1. The van der Waals surface area contributed by atoms with Crippen molar-refractivity contribution in [1.29, 1.82) is 0 Å². The summed E-state index contributed by atoms with van der Waals surface area (Å²) < 4.78 is 11.2. The fraction of sp³-hybridized carbons (Fsp3) is 0.240. The molecule has 2 aromatic carbocycles. The number of Topliss-reactive ketones (excluding diaryl/α,β-unsaturated/α-hetero) is 1. The van der Waals surface area contributed by atoms with E-state index < -0.39 is 22.5 Å². The monoisotopic (exact) mass is 453 g/mol. The summed E-state index contributed by atoms with van der Waals surface area (Å²) in [6.45, 7) is 5.30. The zero-order valence-electron chi connectivity index (χ0n) is 18.1. The van der Waals surface area contributed by atoms with Gasteiger partial charge in [-0.1, -0.05) is 74.8 Å². The van der Waals surface area contributed by atoms with Gasteiger partial charge in [-0.2, -0.15) is 0 Å². The molecule has 0 aliphatic carbocycles. The lowest BCUT2D eigenvalue weighted by atomic mass is 9.87. The average Bonchev–Trinajstić information content (AvgIpc) is 2.76. The minimum atomic E-state index is -0.804. The van der Waals surface area contributed by atoms with Crippen LogP contribution in [0.1, 0.15) is 52.8 Å². The Morgan fingerprint density at radius 2 is 1.72 bits per heavy atom. The van der Waals surface area contributed by atoms with Gasteiger partial charge in [0.15, 0.2) is 5.78 Å². The van der Waals surface area contributed by atoms with Crippen molar-refractivity contribution in [3.05, 3.63) is 98.6 Å². The number of hydrogen-bond donors (Lipinski definition) is 1. The normalized spacial score (nSPS) is 11.1. The molecule has 0 spiro atoms. The van der Waals surface area contributed by atoms with Crippen molar-refractivity contribution in [2.24, 2.45) is 5.41 Å². The molecule has 0 atom stereocenters. The van der Waals surface area contributed by atoms with E-state index in [1.54, 1.807) is 45.0 Å². The molecule has 0 fully saturated rings. The van der Waals surface area contributed by atoms with Crippen LogP contribution >= 0.6 is 11.6 Å². The third-order valence-corrected chi connectivity index (χ3v) is 4.89. The highest BCUT2D eigenvalue weighted by Crippen LogP contribution is 2.23. The summed E-state index contributed by atoms with van der Waals surface area (Å²) in [5.74, 6) is -1.63. The summed E-state index contributed by atoms with van der Waals surface area (Å²) in [6.07, 6.45) is 1.03. The predicted octanol–water partition coefficient (Wildman–Crippen LogP) is 5.03. The van der Waals surface area contributed by atoms with E-state index in [4.69, 9.17) is 20.8 Å². The summed E-state index contributed by atoms with van der Waals surface area (Å²) >= 11 is 5.98. The number of carbonyl (C=O) groups is 2. The SMILES string of the molecule is CC(C)(C)C(=O)c1coc(C(=O)NCc2cccc(Cl)c2)c(OCc2ccccc2)c1=O. The topological polar surface area (TPSA) is 85.6 Å². The number of halogens is 1. The Labute approximate surface area is 191 Å². The molecule has 3 rings (SSSR count). The van der Waals surface area contributed by atoms with Crippen molar-refractivity contribution in [3.63, 3.8) is 0 Å². The lowest BCUT2D eigenvalue weighted by Gasteiger charge is -2.17. The van der Waals surface area contributed by atoms with Gasteiger partial charge in [-0.3, -0.25) is 14.4 Å². The highest BCUT2D eigenvalue weighted by molar-refractivity contribution is 6.30. The third kappa shape index (κ3) is 5.65. The highest BCUT2D eigenvalue weighted by Gasteiger charge is 2.30. The van der Waals surface area contributed by atoms with Gasteiger partial charge in [0.25, 0.3) is 5.91 Å². The van der Waals surface area contributed by atoms with E-state index in [9.17, 15) is 14.4 Å². The molecule has 3 aromatic rings. The van der Waals surface area contributed by atoms with Crippen molar-refractivity contribution < 1.29 is 18.7 Å². The van der Waals surface area contributed by atoms with E-state index in [0.29, 0.717) is 5.02 Å². The Bertz CT molecular complexity index is 1180. The second-order valence-corrected chi connectivity index (χ2v) is 8.74. The molecule has 0 aliphatic rings. The number of nitrogens with one attached hydrogen (secondary N) is 1. The van der Waals surface area contributed by atoms with Crippen LogP contribution in [0, 0.1) is 5.41 Å². The van der Waals surface area contributed by atoms with Gasteiger partial charge in [-0.05, 0) is 23.3 Å². The molecular formula is C25H24ClNO5. The van der Waals surface area contributed by atoms with Crippen LogP contribution in [0.5, 0.6) is 5.75 Å². The Morgan fingerprint density at radius 1 is 1.03 bits per heavy atom. The second kappa shape index (κ2) is 9.83. The van der Waals surface area contributed by atoms with E-state index in [0.717, 1.165) is 17.4 Å². The molecule has 1 aromatic heterocycles. The highest BCUT2D eigenvalue weighted by atomic mass is 35.5. The van der Waals surface area contributed by atoms with Crippen LogP contribution in [-0.2, 0) is 13.2 Å². The van der Waals surface area contributed by atoms with E-state index in [2.05, 4.69) is 5.32 Å². The fourth-order valence-electron chi connectivity index (χ4n) is 2.94. The Kier molecular flexibility index (Phi) is 7.15. The lowest BCUT2D eigenvalue weighted by Crippen LogP contribution is -2.30. The molecule has 0 aliphatic heterocycles. The lowest BCUT2D eigenvalue weighted by molar-refractivity contribution is 0.0846. The van der Waals surface area contributed by atoms with Gasteiger partial charge in [-0.25, -0.2) is 0 Å². The number of ether oxygens (including phenoxy) is 1. The molecule has 1 amide bonds. The standard InChI is InChI=1S/C25H24ClNO5/c1-25(2,3)23(29)19-15-32-22(24(30)27-13-17-10-7-11-18(26)12-17)21(20(19)28)31-14-16-8-5-4-6-9-16/h4-12,15H,13-14H2,1-3H3,(H,27,30). The summed E-state index contributed by atoms with van der Waals surface area (Å²) in [7, 11) is 0. The number of rotatable bonds is 7.